The summed E-state index contributed by atoms with van der Waals surface area (Å²) in [5.74, 6) is -0.720. The fourth-order valence-electron chi connectivity index (χ4n) is 3.02. The zero-order valence-electron chi connectivity index (χ0n) is 14.9. The summed E-state index contributed by atoms with van der Waals surface area (Å²) in [7, 11) is 1.52. The van der Waals surface area contributed by atoms with Crippen molar-refractivity contribution in [2.24, 2.45) is 0 Å². The summed E-state index contributed by atoms with van der Waals surface area (Å²) in [6, 6.07) is 13.7. The van der Waals surface area contributed by atoms with E-state index in [9.17, 15) is 14.7 Å². The van der Waals surface area contributed by atoms with Crippen LogP contribution in [0.25, 0.3) is 5.76 Å². The Morgan fingerprint density at radius 3 is 2.42 bits per heavy atom. The molecule has 2 aromatic rings. The first-order valence-electron chi connectivity index (χ1n) is 8.45. The van der Waals surface area contributed by atoms with Crippen molar-refractivity contribution in [1.82, 2.24) is 5.32 Å². The molecule has 0 radical (unpaired) electrons. The van der Waals surface area contributed by atoms with Crippen LogP contribution in [0, 0.1) is 0 Å². The maximum atomic E-state index is 12.4. The van der Waals surface area contributed by atoms with E-state index in [1.54, 1.807) is 24.3 Å². The number of hydrogen-bond acceptors (Lipinski definition) is 4. The molecule has 0 bridgehead atoms. The molecule has 2 aromatic carbocycles. The van der Waals surface area contributed by atoms with Crippen LogP contribution >= 0.6 is 0 Å². The third-order valence-corrected chi connectivity index (χ3v) is 4.55. The van der Waals surface area contributed by atoms with Gasteiger partial charge in [-0.3, -0.25) is 9.59 Å². The van der Waals surface area contributed by atoms with Crippen molar-refractivity contribution in [3.8, 4) is 5.75 Å². The van der Waals surface area contributed by atoms with Crippen LogP contribution in [0.3, 0.4) is 0 Å². The minimum atomic E-state index is -0.719. The highest BCUT2D eigenvalue weighted by Crippen LogP contribution is 2.34. The molecule has 1 heterocycles. The Morgan fingerprint density at radius 2 is 1.81 bits per heavy atom. The predicted octanol–water partition coefficient (Wildman–Crippen LogP) is 3.53. The third kappa shape index (κ3) is 3.20. The van der Waals surface area contributed by atoms with Gasteiger partial charge in [0.2, 0.25) is 0 Å². The first kappa shape index (κ1) is 17.7. The van der Waals surface area contributed by atoms with Gasteiger partial charge in [-0.1, -0.05) is 50.2 Å². The molecule has 1 aliphatic heterocycles. The molecular formula is C21H21NO4. The van der Waals surface area contributed by atoms with Crippen LogP contribution in [-0.2, 0) is 9.59 Å². The van der Waals surface area contributed by atoms with E-state index in [0.717, 1.165) is 11.1 Å². The number of hydrogen-bond donors (Lipinski definition) is 2. The molecular weight excluding hydrogens is 330 g/mol. The standard InChI is InChI=1S/C21H21NO4/c1-12(2)13-7-9-14(10-8-13)18-17(20(24)21(25)22-18)19(23)15-5-4-6-16(11-15)26-3/h4-12,18,23H,1-3H3,(H,22,25). The number of carbonyl (C=O) groups excluding carboxylic acids is 2. The molecule has 5 nitrogen and oxygen atoms in total. The van der Waals surface area contributed by atoms with E-state index in [0.29, 0.717) is 17.2 Å². The van der Waals surface area contributed by atoms with Gasteiger partial charge in [0.25, 0.3) is 11.7 Å². The number of aliphatic hydroxyl groups is 1. The van der Waals surface area contributed by atoms with Crippen LogP contribution < -0.4 is 10.1 Å². The number of rotatable bonds is 4. The van der Waals surface area contributed by atoms with Crippen LogP contribution in [0.5, 0.6) is 5.75 Å². The molecule has 1 amide bonds. The average Bonchev–Trinajstić information content (AvgIpc) is 2.96. The number of aliphatic hydroxyl groups excluding tert-OH is 1. The Bertz CT molecular complexity index is 881. The van der Waals surface area contributed by atoms with Gasteiger partial charge in [0.15, 0.2) is 0 Å². The van der Waals surface area contributed by atoms with Gasteiger partial charge in [-0.25, -0.2) is 0 Å². The number of ether oxygens (including phenoxy) is 1. The number of ketones is 1. The maximum Gasteiger partial charge on any atom is 0.293 e. The van der Waals surface area contributed by atoms with Gasteiger partial charge >= 0.3 is 0 Å². The molecule has 0 spiro atoms. The fraction of sp³-hybridized carbons (Fsp3) is 0.238. The minimum absolute atomic E-state index is 0.0561. The number of methoxy groups -OCH3 is 1. The van der Waals surface area contributed by atoms with Crippen LogP contribution in [-0.4, -0.2) is 23.9 Å². The number of amides is 1. The second-order valence-electron chi connectivity index (χ2n) is 6.55. The number of nitrogens with one attached hydrogen (secondary N) is 1. The Balaban J connectivity index is 2.06. The van der Waals surface area contributed by atoms with E-state index in [1.165, 1.54) is 7.11 Å². The Kier molecular flexibility index (Phi) is 4.80. The summed E-state index contributed by atoms with van der Waals surface area (Å²) in [5.41, 5.74) is 2.39. The van der Waals surface area contributed by atoms with Crippen LogP contribution in [0.15, 0.2) is 54.1 Å². The van der Waals surface area contributed by atoms with Crippen molar-refractivity contribution in [2.75, 3.05) is 7.11 Å². The molecule has 5 heteroatoms. The summed E-state index contributed by atoms with van der Waals surface area (Å²) in [6.07, 6.45) is 0. The van der Waals surface area contributed by atoms with Crippen LogP contribution in [0.2, 0.25) is 0 Å². The fourth-order valence-corrected chi connectivity index (χ4v) is 3.02. The highest BCUT2D eigenvalue weighted by atomic mass is 16.5. The summed E-state index contributed by atoms with van der Waals surface area (Å²) < 4.78 is 5.16. The lowest BCUT2D eigenvalue weighted by Crippen LogP contribution is -2.21. The molecule has 134 valence electrons. The van der Waals surface area contributed by atoms with Crippen molar-refractivity contribution >= 4 is 17.4 Å². The molecule has 1 aliphatic rings. The van der Waals surface area contributed by atoms with Crippen molar-refractivity contribution in [2.45, 2.75) is 25.8 Å². The number of benzene rings is 2. The van der Waals surface area contributed by atoms with Crippen molar-refractivity contribution < 1.29 is 19.4 Å². The van der Waals surface area contributed by atoms with E-state index in [2.05, 4.69) is 19.2 Å². The van der Waals surface area contributed by atoms with Gasteiger partial charge in [0, 0.05) is 5.56 Å². The van der Waals surface area contributed by atoms with Crippen LogP contribution in [0.4, 0.5) is 0 Å². The average molecular weight is 351 g/mol. The van der Waals surface area contributed by atoms with E-state index in [4.69, 9.17) is 4.74 Å². The van der Waals surface area contributed by atoms with Gasteiger partial charge in [-0.05, 0) is 29.2 Å². The van der Waals surface area contributed by atoms with Crippen LogP contribution in [0.1, 0.15) is 42.5 Å². The maximum absolute atomic E-state index is 12.4. The molecule has 2 N–H and O–H groups in total. The molecule has 26 heavy (non-hydrogen) atoms. The predicted molar refractivity (Wildman–Crippen MR) is 99.0 cm³/mol. The lowest BCUT2D eigenvalue weighted by molar-refractivity contribution is -0.133. The van der Waals surface area contributed by atoms with Gasteiger partial charge in [-0.2, -0.15) is 0 Å². The van der Waals surface area contributed by atoms with Crippen molar-refractivity contribution in [1.29, 1.82) is 0 Å². The molecule has 1 fully saturated rings. The first-order valence-corrected chi connectivity index (χ1v) is 8.45. The second-order valence-corrected chi connectivity index (χ2v) is 6.55. The smallest absolute Gasteiger partial charge is 0.293 e. The van der Waals surface area contributed by atoms with Gasteiger partial charge in [0.05, 0.1) is 18.7 Å². The van der Waals surface area contributed by atoms with E-state index in [-0.39, 0.29) is 11.3 Å². The number of Topliss-reactive ketones (excluding diaryl/α,β-unsaturated/α-hetero) is 1. The summed E-state index contributed by atoms with van der Waals surface area (Å²) in [5, 5.41) is 13.4. The second kappa shape index (κ2) is 7.04. The Labute approximate surface area is 152 Å². The minimum Gasteiger partial charge on any atom is -0.507 e. The quantitative estimate of drug-likeness (QED) is 0.502. The normalized spacial score (nSPS) is 18.8. The highest BCUT2D eigenvalue weighted by Gasteiger charge is 2.39. The van der Waals surface area contributed by atoms with E-state index >= 15 is 0 Å². The third-order valence-electron chi connectivity index (χ3n) is 4.55. The largest absolute Gasteiger partial charge is 0.507 e. The summed E-state index contributed by atoms with van der Waals surface area (Å²) >= 11 is 0. The molecule has 1 unspecified atom stereocenters. The molecule has 0 aliphatic carbocycles. The number of carbonyl (C=O) groups is 2. The van der Waals surface area contributed by atoms with E-state index in [1.807, 2.05) is 24.3 Å². The highest BCUT2D eigenvalue weighted by molar-refractivity contribution is 6.46. The van der Waals surface area contributed by atoms with E-state index < -0.39 is 17.7 Å². The zero-order valence-corrected chi connectivity index (χ0v) is 14.9. The molecule has 0 aromatic heterocycles. The molecule has 1 atom stereocenters. The Hall–Kier alpha value is -3.08. The Morgan fingerprint density at radius 1 is 1.12 bits per heavy atom. The van der Waals surface area contributed by atoms with Gasteiger partial charge < -0.3 is 15.2 Å². The first-order chi connectivity index (χ1) is 12.4. The van der Waals surface area contributed by atoms with Crippen molar-refractivity contribution in [3.05, 3.63) is 70.8 Å². The topological polar surface area (TPSA) is 75.6 Å². The summed E-state index contributed by atoms with van der Waals surface area (Å²) in [4.78, 5) is 24.3. The van der Waals surface area contributed by atoms with Gasteiger partial charge in [0.1, 0.15) is 11.5 Å². The SMILES string of the molecule is COc1cccc(C(O)=C2C(=O)C(=O)NC2c2ccc(C(C)C)cc2)c1. The lowest BCUT2D eigenvalue weighted by atomic mass is 9.93. The summed E-state index contributed by atoms with van der Waals surface area (Å²) in [6.45, 7) is 4.19. The monoisotopic (exact) mass is 351 g/mol. The lowest BCUT2D eigenvalue weighted by Gasteiger charge is -2.15. The van der Waals surface area contributed by atoms with Gasteiger partial charge in [-0.15, -0.1) is 0 Å². The molecule has 3 rings (SSSR count). The van der Waals surface area contributed by atoms with Crippen molar-refractivity contribution in [3.63, 3.8) is 0 Å². The molecule has 0 saturated carbocycles. The molecule has 1 saturated heterocycles. The zero-order chi connectivity index (χ0) is 18.8.